The van der Waals surface area contributed by atoms with Crippen LogP contribution < -0.4 is 9.64 Å². The molecule has 2 unspecified atom stereocenters. The van der Waals surface area contributed by atoms with Crippen molar-refractivity contribution < 1.29 is 19.1 Å². The van der Waals surface area contributed by atoms with Crippen LogP contribution in [0, 0.1) is 13.8 Å². The maximum atomic E-state index is 13.8. The van der Waals surface area contributed by atoms with Crippen LogP contribution >= 0.6 is 0 Å². The molecule has 6 nitrogen and oxygen atoms in total. The van der Waals surface area contributed by atoms with E-state index in [2.05, 4.69) is 0 Å². The van der Waals surface area contributed by atoms with Gasteiger partial charge in [-0.1, -0.05) is 30.3 Å². The van der Waals surface area contributed by atoms with Gasteiger partial charge in [0.25, 0.3) is 11.8 Å². The lowest BCUT2D eigenvalue weighted by Crippen LogP contribution is -2.47. The van der Waals surface area contributed by atoms with Crippen LogP contribution in [0.25, 0.3) is 5.57 Å². The van der Waals surface area contributed by atoms with Crippen molar-refractivity contribution >= 4 is 23.1 Å². The number of rotatable bonds is 5. The van der Waals surface area contributed by atoms with E-state index in [0.29, 0.717) is 42.4 Å². The van der Waals surface area contributed by atoms with E-state index in [1.807, 2.05) is 69.9 Å². The third kappa shape index (κ3) is 3.91. The van der Waals surface area contributed by atoms with Crippen LogP contribution in [-0.2, 0) is 14.3 Å². The summed E-state index contributed by atoms with van der Waals surface area (Å²) in [5.41, 5.74) is 4.31. The van der Waals surface area contributed by atoms with Crippen LogP contribution in [0.1, 0.15) is 37.5 Å². The lowest BCUT2D eigenvalue weighted by Gasteiger charge is -2.37. The minimum absolute atomic E-state index is 0.0417. The summed E-state index contributed by atoms with van der Waals surface area (Å²) in [6, 6.07) is 13.1. The average molecular weight is 435 g/mol. The van der Waals surface area contributed by atoms with Crippen LogP contribution in [0.5, 0.6) is 5.75 Å². The van der Waals surface area contributed by atoms with Gasteiger partial charge in [-0.05, 0) is 63.4 Å². The fourth-order valence-corrected chi connectivity index (χ4v) is 4.47. The molecule has 2 aliphatic rings. The lowest BCUT2D eigenvalue weighted by atomic mass is 9.99. The Balaban J connectivity index is 1.86. The number of benzene rings is 2. The first-order valence-corrected chi connectivity index (χ1v) is 11.1. The van der Waals surface area contributed by atoms with Gasteiger partial charge in [-0.2, -0.15) is 0 Å². The van der Waals surface area contributed by atoms with Crippen LogP contribution in [0.15, 0.2) is 48.2 Å². The molecule has 0 spiro atoms. The number of imide groups is 1. The number of anilines is 1. The van der Waals surface area contributed by atoms with Crippen molar-refractivity contribution in [3.05, 3.63) is 64.9 Å². The van der Waals surface area contributed by atoms with Crippen molar-refractivity contribution in [2.24, 2.45) is 0 Å². The Morgan fingerprint density at radius 3 is 2.31 bits per heavy atom. The summed E-state index contributed by atoms with van der Waals surface area (Å²) in [4.78, 5) is 30.9. The highest BCUT2D eigenvalue weighted by Crippen LogP contribution is 2.39. The summed E-state index contributed by atoms with van der Waals surface area (Å²) >= 11 is 0. The molecule has 4 rings (SSSR count). The Labute approximate surface area is 189 Å². The predicted octanol–water partition coefficient (Wildman–Crippen LogP) is 4.10. The third-order valence-electron chi connectivity index (χ3n) is 6.00. The third-order valence-corrected chi connectivity index (χ3v) is 6.00. The van der Waals surface area contributed by atoms with Crippen LogP contribution in [0.2, 0.25) is 0 Å². The molecule has 2 atom stereocenters. The fourth-order valence-electron chi connectivity index (χ4n) is 4.47. The molecule has 2 aromatic rings. The van der Waals surface area contributed by atoms with Crippen molar-refractivity contribution in [2.45, 2.75) is 46.8 Å². The van der Waals surface area contributed by atoms with Crippen LogP contribution in [0.3, 0.4) is 0 Å². The van der Waals surface area contributed by atoms with Gasteiger partial charge in [0, 0.05) is 13.1 Å². The summed E-state index contributed by atoms with van der Waals surface area (Å²) in [6.45, 7) is 11.4. The Bertz CT molecular complexity index is 1080. The lowest BCUT2D eigenvalue weighted by molar-refractivity contribution is -0.121. The van der Waals surface area contributed by atoms with E-state index in [-0.39, 0.29) is 24.0 Å². The molecule has 0 saturated carbocycles. The van der Waals surface area contributed by atoms with E-state index < -0.39 is 0 Å². The molecule has 1 saturated heterocycles. The van der Waals surface area contributed by atoms with Gasteiger partial charge in [0.1, 0.15) is 11.4 Å². The van der Waals surface area contributed by atoms with Gasteiger partial charge < -0.3 is 14.4 Å². The van der Waals surface area contributed by atoms with E-state index in [9.17, 15) is 9.59 Å². The van der Waals surface area contributed by atoms with Gasteiger partial charge in [-0.25, -0.2) is 4.90 Å². The van der Waals surface area contributed by atoms with Crippen molar-refractivity contribution in [1.82, 2.24) is 4.90 Å². The van der Waals surface area contributed by atoms with E-state index >= 15 is 0 Å². The first kappa shape index (κ1) is 22.1. The number of para-hydroxylation sites is 2. The van der Waals surface area contributed by atoms with E-state index in [1.54, 1.807) is 12.1 Å². The molecule has 2 aromatic carbocycles. The van der Waals surface area contributed by atoms with Gasteiger partial charge in [0.2, 0.25) is 0 Å². The molecule has 0 aromatic heterocycles. The van der Waals surface area contributed by atoms with Gasteiger partial charge in [-0.15, -0.1) is 0 Å². The quantitative estimate of drug-likeness (QED) is 0.664. The van der Waals surface area contributed by atoms with Crippen molar-refractivity contribution in [2.75, 3.05) is 24.6 Å². The van der Waals surface area contributed by atoms with E-state index in [4.69, 9.17) is 9.47 Å². The van der Waals surface area contributed by atoms with Gasteiger partial charge >= 0.3 is 0 Å². The van der Waals surface area contributed by atoms with Crippen molar-refractivity contribution in [3.63, 3.8) is 0 Å². The minimum Gasteiger partial charge on any atom is -0.492 e. The Kier molecular flexibility index (Phi) is 6.07. The Morgan fingerprint density at radius 1 is 0.969 bits per heavy atom. The average Bonchev–Trinajstić information content (AvgIpc) is 3.00. The van der Waals surface area contributed by atoms with Gasteiger partial charge in [-0.3, -0.25) is 9.59 Å². The molecule has 0 N–H and O–H groups in total. The molecule has 32 heavy (non-hydrogen) atoms. The standard InChI is InChI=1S/C26H30N2O4/c1-6-31-22-10-8-7-9-21(22)28-25(29)23(20-12-11-16(2)17(3)13-20)24(26(28)30)27-14-18(4)32-19(5)15-27/h7-13,18-19H,6,14-15H2,1-5H3. The zero-order valence-electron chi connectivity index (χ0n) is 19.3. The molecule has 2 amide bonds. The summed E-state index contributed by atoms with van der Waals surface area (Å²) in [7, 11) is 0. The molecule has 6 heteroatoms. The predicted molar refractivity (Wildman–Crippen MR) is 125 cm³/mol. The maximum Gasteiger partial charge on any atom is 0.282 e. The highest BCUT2D eigenvalue weighted by atomic mass is 16.5. The monoisotopic (exact) mass is 434 g/mol. The highest BCUT2D eigenvalue weighted by molar-refractivity contribution is 6.45. The number of morpholine rings is 1. The number of aryl methyl sites for hydroxylation is 2. The van der Waals surface area contributed by atoms with Crippen molar-refractivity contribution in [3.8, 4) is 5.75 Å². The summed E-state index contributed by atoms with van der Waals surface area (Å²) in [5.74, 6) is -0.134. The number of nitrogens with zero attached hydrogens (tertiary/aromatic N) is 2. The number of carbonyl (C=O) groups excluding carboxylic acids is 2. The molecule has 1 fully saturated rings. The summed E-state index contributed by atoms with van der Waals surface area (Å²) < 4.78 is 11.6. The second-order valence-corrected chi connectivity index (χ2v) is 8.53. The largest absolute Gasteiger partial charge is 0.492 e. The second kappa shape index (κ2) is 8.79. The molecule has 0 radical (unpaired) electrons. The number of amides is 2. The number of carbonyl (C=O) groups is 2. The topological polar surface area (TPSA) is 59.1 Å². The van der Waals surface area contributed by atoms with Crippen LogP contribution in [-0.4, -0.2) is 48.6 Å². The molecule has 2 aliphatic heterocycles. The van der Waals surface area contributed by atoms with E-state index in [1.165, 1.54) is 4.90 Å². The normalized spacial score (nSPS) is 21.5. The molecule has 0 aliphatic carbocycles. The first-order chi connectivity index (χ1) is 15.3. The van der Waals surface area contributed by atoms with E-state index in [0.717, 1.165) is 16.7 Å². The van der Waals surface area contributed by atoms with Crippen molar-refractivity contribution in [1.29, 1.82) is 0 Å². The van der Waals surface area contributed by atoms with Gasteiger partial charge in [0.15, 0.2) is 0 Å². The summed E-state index contributed by atoms with van der Waals surface area (Å²) in [6.07, 6.45) is -0.0835. The fraction of sp³-hybridized carbons (Fsp3) is 0.385. The number of hydrogen-bond donors (Lipinski definition) is 0. The highest BCUT2D eigenvalue weighted by Gasteiger charge is 2.44. The molecule has 0 bridgehead atoms. The zero-order valence-corrected chi connectivity index (χ0v) is 19.3. The molecule has 168 valence electrons. The molecular formula is C26H30N2O4. The SMILES string of the molecule is CCOc1ccccc1N1C(=O)C(c2ccc(C)c(C)c2)=C(N2CC(C)OC(C)C2)C1=O. The minimum atomic E-state index is -0.327. The summed E-state index contributed by atoms with van der Waals surface area (Å²) in [5, 5.41) is 0. The smallest absolute Gasteiger partial charge is 0.282 e. The molecular weight excluding hydrogens is 404 g/mol. The first-order valence-electron chi connectivity index (χ1n) is 11.1. The van der Waals surface area contributed by atoms with Gasteiger partial charge in [0.05, 0.1) is 30.1 Å². The Morgan fingerprint density at radius 2 is 1.66 bits per heavy atom. The molecule has 2 heterocycles. The van der Waals surface area contributed by atoms with Crippen LogP contribution in [0.4, 0.5) is 5.69 Å². The Hall–Kier alpha value is -3.12. The maximum absolute atomic E-state index is 13.8. The number of ether oxygens (including phenoxy) is 2. The number of hydrogen-bond acceptors (Lipinski definition) is 5. The second-order valence-electron chi connectivity index (χ2n) is 8.53. The zero-order chi connectivity index (χ0) is 23.0.